The summed E-state index contributed by atoms with van der Waals surface area (Å²) in [6.07, 6.45) is 7.01. The minimum absolute atomic E-state index is 0.0132. The van der Waals surface area contributed by atoms with Crippen LogP contribution in [0.2, 0.25) is 0 Å². The Balaban J connectivity index is 1.49. The van der Waals surface area contributed by atoms with Gasteiger partial charge in [-0.1, -0.05) is 30.4 Å². The van der Waals surface area contributed by atoms with Gasteiger partial charge in [0.2, 0.25) is 0 Å². The maximum Gasteiger partial charge on any atom is 0.261 e. The van der Waals surface area contributed by atoms with Crippen LogP contribution in [0.4, 0.5) is 0 Å². The van der Waals surface area contributed by atoms with E-state index in [4.69, 9.17) is 14.5 Å². The van der Waals surface area contributed by atoms with Crippen molar-refractivity contribution in [3.05, 3.63) is 59.1 Å². The molecule has 5 nitrogen and oxygen atoms in total. The Hall–Kier alpha value is -2.86. The number of nitrogens with zero attached hydrogens (tertiary/aromatic N) is 2. The van der Waals surface area contributed by atoms with Gasteiger partial charge in [0.1, 0.15) is 5.01 Å². The molecule has 4 rings (SSSR count). The summed E-state index contributed by atoms with van der Waals surface area (Å²) >= 11 is 1.68. The number of benzene rings is 2. The molecule has 0 radical (unpaired) electrons. The number of allylic oxidation sites excluding steroid dienone is 1. The lowest BCUT2D eigenvalue weighted by Crippen LogP contribution is -2.41. The number of likely N-dealkylation sites (tertiary alicyclic amines) is 1. The molecule has 1 fully saturated rings. The third-order valence-corrected chi connectivity index (χ3v) is 6.45. The minimum atomic E-state index is -0.0152. The third-order valence-electron chi connectivity index (χ3n) is 5.32. The highest BCUT2D eigenvalue weighted by Crippen LogP contribution is 2.36. The lowest BCUT2D eigenvalue weighted by atomic mass is 10.0. The van der Waals surface area contributed by atoms with E-state index < -0.39 is 0 Å². The number of hydrogen-bond acceptors (Lipinski definition) is 5. The van der Waals surface area contributed by atoms with Gasteiger partial charge in [0, 0.05) is 6.54 Å². The number of hydrogen-bond donors (Lipinski definition) is 0. The first kappa shape index (κ1) is 20.4. The van der Waals surface area contributed by atoms with Crippen molar-refractivity contribution in [2.75, 3.05) is 20.3 Å². The van der Waals surface area contributed by atoms with Crippen LogP contribution in [0, 0.1) is 0 Å². The van der Waals surface area contributed by atoms with Gasteiger partial charge in [-0.3, -0.25) is 4.79 Å². The normalized spacial score (nSPS) is 16.9. The van der Waals surface area contributed by atoms with E-state index in [1.807, 2.05) is 60.4 Å². The smallest absolute Gasteiger partial charge is 0.261 e. The topological polar surface area (TPSA) is 51.7 Å². The molecule has 0 bridgehead atoms. The van der Waals surface area contributed by atoms with Gasteiger partial charge >= 0.3 is 0 Å². The van der Waals surface area contributed by atoms with Crippen molar-refractivity contribution in [1.29, 1.82) is 0 Å². The van der Waals surface area contributed by atoms with Crippen LogP contribution in [0.3, 0.4) is 0 Å². The summed E-state index contributed by atoms with van der Waals surface area (Å²) in [4.78, 5) is 19.8. The fraction of sp³-hybridized carbons (Fsp3) is 0.333. The van der Waals surface area contributed by atoms with Gasteiger partial charge in [0.25, 0.3) is 5.91 Å². The van der Waals surface area contributed by atoms with Gasteiger partial charge in [-0.2, -0.15) is 0 Å². The van der Waals surface area contributed by atoms with Crippen molar-refractivity contribution >= 4 is 33.5 Å². The summed E-state index contributed by atoms with van der Waals surface area (Å²) in [5.41, 5.74) is 2.03. The van der Waals surface area contributed by atoms with E-state index in [-0.39, 0.29) is 18.6 Å². The largest absolute Gasteiger partial charge is 0.493 e. The van der Waals surface area contributed by atoms with Crippen LogP contribution in [-0.2, 0) is 4.79 Å². The van der Waals surface area contributed by atoms with Crippen molar-refractivity contribution in [2.45, 2.75) is 32.2 Å². The average molecular weight is 423 g/mol. The van der Waals surface area contributed by atoms with Crippen LogP contribution < -0.4 is 9.47 Å². The fourth-order valence-electron chi connectivity index (χ4n) is 3.84. The summed E-state index contributed by atoms with van der Waals surface area (Å²) in [6, 6.07) is 13.9. The van der Waals surface area contributed by atoms with Gasteiger partial charge < -0.3 is 14.4 Å². The first-order valence-electron chi connectivity index (χ1n) is 10.3. The second-order valence-corrected chi connectivity index (χ2v) is 8.38. The summed E-state index contributed by atoms with van der Waals surface area (Å²) < 4.78 is 12.5. The van der Waals surface area contributed by atoms with Crippen molar-refractivity contribution in [1.82, 2.24) is 9.88 Å². The average Bonchev–Trinajstić information content (AvgIpc) is 3.22. The number of para-hydroxylation sites is 1. The number of rotatable bonds is 6. The molecule has 0 aliphatic carbocycles. The van der Waals surface area contributed by atoms with Gasteiger partial charge in [-0.05, 0) is 56.0 Å². The SMILES string of the molecule is C/C=C/c1ccc(OCC(=O)N2CCCCC2c2nc3ccccc3s2)c(OC)c1. The molecule has 1 atom stereocenters. The van der Waals surface area contributed by atoms with Gasteiger partial charge in [0.15, 0.2) is 18.1 Å². The molecule has 1 aliphatic rings. The van der Waals surface area contributed by atoms with Crippen molar-refractivity contribution in [3.63, 3.8) is 0 Å². The van der Waals surface area contributed by atoms with Crippen LogP contribution in [-0.4, -0.2) is 36.1 Å². The van der Waals surface area contributed by atoms with E-state index in [9.17, 15) is 4.79 Å². The number of aromatic nitrogens is 1. The molecule has 1 aliphatic heterocycles. The highest BCUT2D eigenvalue weighted by molar-refractivity contribution is 7.18. The second-order valence-electron chi connectivity index (χ2n) is 7.32. The molecule has 1 aromatic heterocycles. The number of methoxy groups -OCH3 is 1. The van der Waals surface area contributed by atoms with Crippen LogP contribution in [0.5, 0.6) is 11.5 Å². The zero-order valence-electron chi connectivity index (χ0n) is 17.3. The van der Waals surface area contributed by atoms with Gasteiger partial charge in [-0.15, -0.1) is 11.3 Å². The van der Waals surface area contributed by atoms with E-state index in [0.29, 0.717) is 11.5 Å². The van der Waals surface area contributed by atoms with Crippen molar-refractivity contribution < 1.29 is 14.3 Å². The van der Waals surface area contributed by atoms with E-state index in [2.05, 4.69) is 6.07 Å². The number of amides is 1. The molecule has 30 heavy (non-hydrogen) atoms. The Morgan fingerprint density at radius 2 is 2.10 bits per heavy atom. The molecular weight excluding hydrogens is 396 g/mol. The third kappa shape index (κ3) is 4.33. The first-order chi connectivity index (χ1) is 14.7. The number of thiazole rings is 1. The summed E-state index contributed by atoms with van der Waals surface area (Å²) in [7, 11) is 1.61. The minimum Gasteiger partial charge on any atom is -0.493 e. The maximum atomic E-state index is 13.1. The Kier molecular flexibility index (Phi) is 6.33. The van der Waals surface area contributed by atoms with Crippen LogP contribution in [0.15, 0.2) is 48.5 Å². The maximum absolute atomic E-state index is 13.1. The van der Waals surface area contributed by atoms with E-state index in [1.54, 1.807) is 18.4 Å². The molecule has 3 aromatic rings. The molecule has 0 saturated carbocycles. The molecular formula is C24H26N2O3S. The van der Waals surface area contributed by atoms with Crippen molar-refractivity contribution in [2.24, 2.45) is 0 Å². The zero-order chi connectivity index (χ0) is 20.9. The van der Waals surface area contributed by atoms with E-state index in [0.717, 1.165) is 46.6 Å². The zero-order valence-corrected chi connectivity index (χ0v) is 18.2. The first-order valence-corrected chi connectivity index (χ1v) is 11.1. The number of piperidine rings is 1. The number of carbonyl (C=O) groups excluding carboxylic acids is 1. The monoisotopic (exact) mass is 422 g/mol. The lowest BCUT2D eigenvalue weighted by Gasteiger charge is -2.34. The Morgan fingerprint density at radius 3 is 2.90 bits per heavy atom. The second kappa shape index (κ2) is 9.30. The predicted molar refractivity (Wildman–Crippen MR) is 121 cm³/mol. The summed E-state index contributed by atoms with van der Waals surface area (Å²) in [6.45, 7) is 2.69. The van der Waals surface area contributed by atoms with Gasteiger partial charge in [-0.25, -0.2) is 4.98 Å². The number of carbonyl (C=O) groups is 1. The molecule has 2 heterocycles. The quantitative estimate of drug-likeness (QED) is 0.528. The predicted octanol–water partition coefficient (Wildman–Crippen LogP) is 5.47. The highest BCUT2D eigenvalue weighted by atomic mass is 32.1. The van der Waals surface area contributed by atoms with Crippen LogP contribution in [0.25, 0.3) is 16.3 Å². The number of fused-ring (bicyclic) bond motifs is 1. The Bertz CT molecular complexity index is 1030. The molecule has 1 amide bonds. The summed E-state index contributed by atoms with van der Waals surface area (Å²) in [5.74, 6) is 1.19. The van der Waals surface area contributed by atoms with Gasteiger partial charge in [0.05, 0.1) is 23.4 Å². The van der Waals surface area contributed by atoms with Crippen LogP contribution in [0.1, 0.15) is 42.8 Å². The fourth-order valence-corrected chi connectivity index (χ4v) is 4.96. The standard InChI is InChI=1S/C24H26N2O3S/c1-3-8-17-12-13-20(21(15-17)28-2)29-16-23(27)26-14-7-6-10-19(26)24-25-18-9-4-5-11-22(18)30-24/h3-5,8-9,11-13,15,19H,6-7,10,14,16H2,1-2H3/b8-3+. The molecule has 6 heteroatoms. The summed E-state index contributed by atoms with van der Waals surface area (Å²) in [5, 5.41) is 1.01. The Labute approximate surface area is 180 Å². The van der Waals surface area contributed by atoms with E-state index in [1.165, 1.54) is 0 Å². The highest BCUT2D eigenvalue weighted by Gasteiger charge is 2.30. The Morgan fingerprint density at radius 1 is 1.23 bits per heavy atom. The lowest BCUT2D eigenvalue weighted by molar-refractivity contribution is -0.137. The molecule has 1 saturated heterocycles. The molecule has 0 spiro atoms. The number of ether oxygens (including phenoxy) is 2. The molecule has 1 unspecified atom stereocenters. The molecule has 0 N–H and O–H groups in total. The molecule has 156 valence electrons. The van der Waals surface area contributed by atoms with E-state index >= 15 is 0 Å². The molecule has 2 aromatic carbocycles. The van der Waals surface area contributed by atoms with Crippen molar-refractivity contribution in [3.8, 4) is 11.5 Å². The van der Waals surface area contributed by atoms with Crippen LogP contribution >= 0.6 is 11.3 Å².